The maximum absolute atomic E-state index is 13.3. The Kier molecular flexibility index (Phi) is 6.14. The highest BCUT2D eigenvalue weighted by Gasteiger charge is 2.25. The third-order valence-electron chi connectivity index (χ3n) is 5.98. The molecule has 4 N–H and O–H groups in total. The van der Waals surface area contributed by atoms with Crippen LogP contribution in [-0.2, 0) is 0 Å². The fraction of sp³-hybridized carbons (Fsp3) is 0.250. The Labute approximate surface area is 206 Å². The Morgan fingerprint density at radius 2 is 1.97 bits per heavy atom. The average molecular weight is 494 g/mol. The van der Waals surface area contributed by atoms with Crippen molar-refractivity contribution < 1.29 is 14.3 Å². The van der Waals surface area contributed by atoms with E-state index in [1.165, 1.54) is 10.9 Å². The Morgan fingerprint density at radius 1 is 1.20 bits per heavy atom. The molecule has 1 aliphatic heterocycles. The Balaban J connectivity index is 1.39. The zero-order valence-corrected chi connectivity index (χ0v) is 19.7. The van der Waals surface area contributed by atoms with Crippen LogP contribution in [0.4, 0.5) is 5.69 Å². The van der Waals surface area contributed by atoms with Crippen molar-refractivity contribution in [2.75, 3.05) is 25.5 Å². The molecule has 10 nitrogen and oxygen atoms in total. The summed E-state index contributed by atoms with van der Waals surface area (Å²) in [5, 5.41) is 3.05. The van der Waals surface area contributed by atoms with E-state index in [1.54, 1.807) is 18.2 Å². The minimum Gasteiger partial charge on any atom is -0.490 e. The zero-order valence-electron chi connectivity index (χ0n) is 19.0. The summed E-state index contributed by atoms with van der Waals surface area (Å²) >= 11 is 6.45. The Bertz CT molecular complexity index is 1370. The van der Waals surface area contributed by atoms with Gasteiger partial charge in [-0.25, -0.2) is 9.97 Å². The molecule has 1 aliphatic rings. The van der Waals surface area contributed by atoms with Gasteiger partial charge in [-0.15, -0.1) is 0 Å². The molecule has 5 rings (SSSR count). The van der Waals surface area contributed by atoms with E-state index in [9.17, 15) is 9.59 Å². The summed E-state index contributed by atoms with van der Waals surface area (Å²) in [6.07, 6.45) is 3.33. The van der Waals surface area contributed by atoms with Crippen LogP contribution in [0.15, 0.2) is 48.8 Å². The number of nitrogens with one attached hydrogen (secondary N) is 2. The molecule has 0 saturated carbocycles. The number of rotatable bonds is 6. The van der Waals surface area contributed by atoms with Gasteiger partial charge in [0.2, 0.25) is 5.95 Å². The number of piperidine rings is 1. The van der Waals surface area contributed by atoms with Gasteiger partial charge in [0.05, 0.1) is 21.7 Å². The molecule has 180 valence electrons. The van der Waals surface area contributed by atoms with Gasteiger partial charge in [-0.05, 0) is 44.2 Å². The van der Waals surface area contributed by atoms with Gasteiger partial charge in [0.25, 0.3) is 11.8 Å². The molecule has 35 heavy (non-hydrogen) atoms. The van der Waals surface area contributed by atoms with Gasteiger partial charge in [-0.3, -0.25) is 14.2 Å². The van der Waals surface area contributed by atoms with Crippen molar-refractivity contribution in [3.63, 3.8) is 0 Å². The van der Waals surface area contributed by atoms with Crippen molar-refractivity contribution in [2.24, 2.45) is 5.73 Å². The molecule has 0 unspecified atom stereocenters. The highest BCUT2D eigenvalue weighted by Crippen LogP contribution is 2.29. The predicted molar refractivity (Wildman–Crippen MR) is 132 cm³/mol. The number of imidazole rings is 2. The first-order valence-corrected chi connectivity index (χ1v) is 11.5. The number of carbonyl (C=O) groups is 2. The second kappa shape index (κ2) is 9.40. The number of para-hydroxylation sites is 2. The number of aromatic nitrogens is 4. The molecule has 1 saturated heterocycles. The number of primary amides is 1. The highest BCUT2D eigenvalue weighted by molar-refractivity contribution is 6.34. The van der Waals surface area contributed by atoms with Crippen LogP contribution in [0.5, 0.6) is 5.75 Å². The molecule has 0 spiro atoms. The Hall–Kier alpha value is -3.89. The standard InChI is InChI=1S/C24H24ClN7O3/c1-31-10-8-14(9-11-31)35-15-6-7-17(16(25)12-15)28-23(34)21-20(22(26)33)27-13-32(21)24-29-18-4-2-3-5-19(18)30-24/h2-7,12-14H,8-11H2,1H3,(H2,26,33)(H,28,34)(H,29,30). The maximum atomic E-state index is 13.3. The smallest absolute Gasteiger partial charge is 0.275 e. The number of hydrogen-bond donors (Lipinski definition) is 3. The van der Waals surface area contributed by atoms with E-state index in [2.05, 4.69) is 32.2 Å². The van der Waals surface area contributed by atoms with Crippen molar-refractivity contribution in [3.8, 4) is 11.7 Å². The molecule has 1 fully saturated rings. The van der Waals surface area contributed by atoms with Gasteiger partial charge >= 0.3 is 0 Å². The summed E-state index contributed by atoms with van der Waals surface area (Å²) in [4.78, 5) is 39.2. The predicted octanol–water partition coefficient (Wildman–Crippen LogP) is 3.23. The molecule has 2 aromatic heterocycles. The van der Waals surface area contributed by atoms with E-state index in [0.29, 0.717) is 27.9 Å². The molecule has 0 radical (unpaired) electrons. The summed E-state index contributed by atoms with van der Waals surface area (Å²) in [6, 6.07) is 12.5. The van der Waals surface area contributed by atoms with Crippen molar-refractivity contribution in [3.05, 3.63) is 65.2 Å². The quantitative estimate of drug-likeness (QED) is 0.378. The number of anilines is 1. The van der Waals surface area contributed by atoms with E-state index in [0.717, 1.165) is 31.4 Å². The van der Waals surface area contributed by atoms with Gasteiger partial charge in [0, 0.05) is 19.2 Å². The first-order chi connectivity index (χ1) is 16.9. The number of hydrogen-bond acceptors (Lipinski definition) is 6. The monoisotopic (exact) mass is 493 g/mol. The summed E-state index contributed by atoms with van der Waals surface area (Å²) in [7, 11) is 2.09. The number of likely N-dealkylation sites (tertiary alicyclic amines) is 1. The van der Waals surface area contributed by atoms with Gasteiger partial charge < -0.3 is 25.7 Å². The number of carbonyl (C=O) groups excluding carboxylic acids is 2. The number of H-pyrrole nitrogens is 1. The number of fused-ring (bicyclic) bond motifs is 1. The van der Waals surface area contributed by atoms with E-state index in [-0.39, 0.29) is 17.5 Å². The van der Waals surface area contributed by atoms with E-state index < -0.39 is 11.8 Å². The topological polar surface area (TPSA) is 131 Å². The number of benzene rings is 2. The lowest BCUT2D eigenvalue weighted by molar-refractivity contribution is 0.0971. The van der Waals surface area contributed by atoms with Crippen LogP contribution >= 0.6 is 11.6 Å². The molecule has 3 heterocycles. The molecular weight excluding hydrogens is 470 g/mol. The van der Waals surface area contributed by atoms with Crippen LogP contribution in [0.1, 0.15) is 33.8 Å². The first-order valence-electron chi connectivity index (χ1n) is 11.2. The summed E-state index contributed by atoms with van der Waals surface area (Å²) in [6.45, 7) is 1.96. The third-order valence-corrected chi connectivity index (χ3v) is 6.29. The van der Waals surface area contributed by atoms with Crippen molar-refractivity contribution in [1.29, 1.82) is 0 Å². The van der Waals surface area contributed by atoms with Crippen LogP contribution < -0.4 is 15.8 Å². The number of ether oxygens (including phenoxy) is 1. The van der Waals surface area contributed by atoms with Crippen molar-refractivity contribution in [1.82, 2.24) is 24.4 Å². The highest BCUT2D eigenvalue weighted by atomic mass is 35.5. The minimum absolute atomic E-state index is 0.0562. The molecule has 11 heteroatoms. The number of nitrogens with two attached hydrogens (primary N) is 1. The SMILES string of the molecule is CN1CCC(Oc2ccc(NC(=O)c3c(C(N)=O)ncn3-c3nc4ccccc4[nH]3)c(Cl)c2)CC1. The Morgan fingerprint density at radius 3 is 2.69 bits per heavy atom. The zero-order chi connectivity index (χ0) is 24.5. The lowest BCUT2D eigenvalue weighted by atomic mass is 10.1. The van der Waals surface area contributed by atoms with Crippen molar-refractivity contribution in [2.45, 2.75) is 18.9 Å². The van der Waals surface area contributed by atoms with Gasteiger partial charge in [0.15, 0.2) is 5.69 Å². The van der Waals surface area contributed by atoms with Gasteiger partial charge in [-0.1, -0.05) is 23.7 Å². The first kappa shape index (κ1) is 22.9. The fourth-order valence-corrected chi connectivity index (χ4v) is 4.32. The average Bonchev–Trinajstić information content (AvgIpc) is 3.47. The molecule has 0 atom stereocenters. The van der Waals surface area contributed by atoms with E-state index in [4.69, 9.17) is 22.1 Å². The van der Waals surface area contributed by atoms with Crippen LogP contribution in [-0.4, -0.2) is 62.5 Å². The molecule has 4 aromatic rings. The molecule has 2 amide bonds. The number of halogens is 1. The van der Waals surface area contributed by atoms with E-state index >= 15 is 0 Å². The second-order valence-electron chi connectivity index (χ2n) is 8.47. The number of aromatic amines is 1. The third kappa shape index (κ3) is 4.71. The second-order valence-corrected chi connectivity index (χ2v) is 8.88. The normalized spacial score (nSPS) is 14.8. The molecular formula is C24H24ClN7O3. The molecule has 0 bridgehead atoms. The molecule has 0 aliphatic carbocycles. The van der Waals surface area contributed by atoms with Gasteiger partial charge in [-0.2, -0.15) is 0 Å². The summed E-state index contributed by atoms with van der Waals surface area (Å²) in [5.74, 6) is -0.488. The van der Waals surface area contributed by atoms with Crippen molar-refractivity contribution >= 4 is 40.1 Å². The van der Waals surface area contributed by atoms with Gasteiger partial charge in [0.1, 0.15) is 23.9 Å². The minimum atomic E-state index is -0.835. The summed E-state index contributed by atoms with van der Waals surface area (Å²) in [5.41, 5.74) is 7.08. The molecule has 2 aromatic carbocycles. The largest absolute Gasteiger partial charge is 0.490 e. The van der Waals surface area contributed by atoms with Crippen LogP contribution in [0.2, 0.25) is 5.02 Å². The van der Waals surface area contributed by atoms with Crippen LogP contribution in [0, 0.1) is 0 Å². The van der Waals surface area contributed by atoms with Crippen LogP contribution in [0.25, 0.3) is 17.0 Å². The van der Waals surface area contributed by atoms with Crippen LogP contribution in [0.3, 0.4) is 0 Å². The lowest BCUT2D eigenvalue weighted by Gasteiger charge is -2.29. The lowest BCUT2D eigenvalue weighted by Crippen LogP contribution is -2.35. The fourth-order valence-electron chi connectivity index (χ4n) is 4.11. The van der Waals surface area contributed by atoms with E-state index in [1.807, 2.05) is 24.3 Å². The number of amides is 2. The summed E-state index contributed by atoms with van der Waals surface area (Å²) < 4.78 is 7.45. The maximum Gasteiger partial charge on any atom is 0.275 e. The number of nitrogens with zero attached hydrogens (tertiary/aromatic N) is 4.